The van der Waals surface area contributed by atoms with Crippen molar-refractivity contribution in [1.29, 1.82) is 0 Å². The molecule has 0 radical (unpaired) electrons. The molecular formula is C10H21NO5. The zero-order chi connectivity index (χ0) is 14.3. The van der Waals surface area contributed by atoms with Crippen molar-refractivity contribution in [3.8, 4) is 0 Å². The Balaban J connectivity index is -0.0000000600. The normalized spacial score (nSPS) is 6.44. The van der Waals surface area contributed by atoms with E-state index in [0.717, 1.165) is 7.05 Å². The van der Waals surface area contributed by atoms with Crippen LogP contribution in [0.4, 0.5) is 0 Å². The largest absolute Gasteiger partial charge is 0.300 e. The van der Waals surface area contributed by atoms with Crippen LogP contribution in [0.3, 0.4) is 0 Å². The number of carbonyl (C=O) groups excluding carboxylic acids is 3. The Morgan fingerprint density at radius 3 is 0.750 bits per heavy atom. The van der Waals surface area contributed by atoms with Gasteiger partial charge in [0.15, 0.2) is 7.05 Å². The molecule has 0 N–H and O–H groups in total. The first-order valence-corrected chi connectivity index (χ1v) is 4.42. The third-order valence-corrected chi connectivity index (χ3v) is 0. The fraction of sp³-hybridized carbons (Fsp3) is 0.700. The summed E-state index contributed by atoms with van der Waals surface area (Å²) in [5.74, 6) is 0.500. The van der Waals surface area contributed by atoms with E-state index in [2.05, 4.69) is 0 Å². The molecule has 6 heteroatoms. The topological polar surface area (TPSA) is 94.3 Å². The molecule has 0 heterocycles. The van der Waals surface area contributed by atoms with Crippen molar-refractivity contribution in [2.45, 2.75) is 41.5 Å². The number of nitrogens with zero attached hydrogens (tertiary/aromatic N) is 1. The number of hydrogen-bond donors (Lipinski definition) is 0. The third kappa shape index (κ3) is 639. The summed E-state index contributed by atoms with van der Waals surface area (Å²) in [7, 11) is 0.889. The maximum Gasteiger partial charge on any atom is 0.194 e. The van der Waals surface area contributed by atoms with E-state index in [1.54, 1.807) is 0 Å². The van der Waals surface area contributed by atoms with Gasteiger partial charge < -0.3 is 14.4 Å². The van der Waals surface area contributed by atoms with Crippen LogP contribution in [0, 0.1) is 10.1 Å². The number of carbonyl (C=O) groups is 3. The molecule has 0 amide bonds. The second kappa shape index (κ2) is 19.1. The third-order valence-electron chi connectivity index (χ3n) is 0. The number of hydrogen-bond acceptors (Lipinski definition) is 5. The van der Waals surface area contributed by atoms with Crippen LogP contribution in [0.2, 0.25) is 0 Å². The summed E-state index contributed by atoms with van der Waals surface area (Å²) < 4.78 is 0. The molecule has 0 aromatic rings. The molecule has 0 spiro atoms. The predicted octanol–water partition coefficient (Wildman–Crippen LogP) is 1.68. The predicted molar refractivity (Wildman–Crippen MR) is 62.0 cm³/mol. The van der Waals surface area contributed by atoms with E-state index in [1.165, 1.54) is 41.5 Å². The van der Waals surface area contributed by atoms with Crippen molar-refractivity contribution < 1.29 is 19.3 Å². The summed E-state index contributed by atoms with van der Waals surface area (Å²) >= 11 is 0. The molecule has 0 aliphatic carbocycles. The zero-order valence-corrected chi connectivity index (χ0v) is 11.0. The van der Waals surface area contributed by atoms with Gasteiger partial charge in [0, 0.05) is 4.92 Å². The first kappa shape index (κ1) is 23.9. The maximum atomic E-state index is 9.44. The van der Waals surface area contributed by atoms with Gasteiger partial charge in [-0.05, 0) is 41.5 Å². The standard InChI is InChI=1S/3C3H6O.CH3NO2/c3*1-3(2)4;1-2(3)4/h3*1-2H3;1H3. The van der Waals surface area contributed by atoms with Crippen LogP contribution in [-0.2, 0) is 14.4 Å². The van der Waals surface area contributed by atoms with Crippen LogP contribution in [0.15, 0.2) is 0 Å². The molecule has 0 aliphatic rings. The van der Waals surface area contributed by atoms with Crippen LogP contribution in [0.25, 0.3) is 0 Å². The van der Waals surface area contributed by atoms with Gasteiger partial charge in [-0.3, -0.25) is 10.1 Å². The van der Waals surface area contributed by atoms with Gasteiger partial charge in [0.1, 0.15) is 17.3 Å². The van der Waals surface area contributed by atoms with E-state index in [0.29, 0.717) is 0 Å². The summed E-state index contributed by atoms with van der Waals surface area (Å²) in [6.45, 7) is 9.17. The van der Waals surface area contributed by atoms with Crippen LogP contribution in [0.1, 0.15) is 41.5 Å². The van der Waals surface area contributed by atoms with E-state index < -0.39 is 4.92 Å². The van der Waals surface area contributed by atoms with Crippen LogP contribution >= 0.6 is 0 Å². The Labute approximate surface area is 96.2 Å². The van der Waals surface area contributed by atoms with Crippen LogP contribution in [0.5, 0.6) is 0 Å². The molecular weight excluding hydrogens is 214 g/mol. The lowest BCUT2D eigenvalue weighted by Crippen LogP contribution is -1.79. The van der Waals surface area contributed by atoms with Crippen molar-refractivity contribution in [3.05, 3.63) is 10.1 Å². The lowest BCUT2D eigenvalue weighted by atomic mass is 10.6. The van der Waals surface area contributed by atoms with Gasteiger partial charge in [-0.2, -0.15) is 0 Å². The Kier molecular flexibility index (Phi) is 28.5. The quantitative estimate of drug-likeness (QED) is 0.470. The average Bonchev–Trinajstić information content (AvgIpc) is 1.76. The highest BCUT2D eigenvalue weighted by atomic mass is 16.6. The van der Waals surface area contributed by atoms with Crippen LogP contribution in [-0.4, -0.2) is 29.3 Å². The smallest absolute Gasteiger partial charge is 0.194 e. The second-order valence-electron chi connectivity index (χ2n) is 3.16. The minimum Gasteiger partial charge on any atom is -0.300 e. The highest BCUT2D eigenvalue weighted by Crippen LogP contribution is 1.51. The van der Waals surface area contributed by atoms with Gasteiger partial charge in [-0.15, -0.1) is 0 Å². The second-order valence-corrected chi connectivity index (χ2v) is 3.16. The fourth-order valence-electron chi connectivity index (χ4n) is 0. The van der Waals surface area contributed by atoms with Crippen molar-refractivity contribution in [3.63, 3.8) is 0 Å². The molecule has 16 heavy (non-hydrogen) atoms. The van der Waals surface area contributed by atoms with Gasteiger partial charge in [0.05, 0.1) is 0 Å². The summed E-state index contributed by atoms with van der Waals surface area (Å²) in [5.41, 5.74) is 0. The lowest BCUT2D eigenvalue weighted by Gasteiger charge is -1.63. The molecule has 0 aliphatic heterocycles. The first-order chi connectivity index (χ1) is 6.93. The lowest BCUT2D eigenvalue weighted by molar-refractivity contribution is -0.445. The number of rotatable bonds is 0. The SMILES string of the molecule is CC(C)=O.CC(C)=O.CC(C)=O.C[N+](=O)[O-]. The monoisotopic (exact) mass is 235 g/mol. The molecule has 0 unspecified atom stereocenters. The van der Waals surface area contributed by atoms with E-state index in [1.807, 2.05) is 0 Å². The fourth-order valence-corrected chi connectivity index (χ4v) is 0. The highest BCUT2D eigenvalue weighted by molar-refractivity contribution is 5.72. The van der Waals surface area contributed by atoms with E-state index >= 15 is 0 Å². The highest BCUT2D eigenvalue weighted by Gasteiger charge is 1.63. The summed E-state index contributed by atoms with van der Waals surface area (Å²) in [6, 6.07) is 0. The Bertz CT molecular complexity index is 159. The maximum absolute atomic E-state index is 9.44. The Morgan fingerprint density at radius 1 is 0.750 bits per heavy atom. The molecule has 0 fully saturated rings. The van der Waals surface area contributed by atoms with Crippen molar-refractivity contribution in [2.75, 3.05) is 7.05 Å². The molecule has 0 atom stereocenters. The number of ketones is 3. The van der Waals surface area contributed by atoms with Gasteiger partial charge in [-0.25, -0.2) is 0 Å². The van der Waals surface area contributed by atoms with Gasteiger partial charge in [0.2, 0.25) is 0 Å². The minimum absolute atomic E-state index is 0.167. The Morgan fingerprint density at radius 2 is 0.750 bits per heavy atom. The molecule has 0 saturated carbocycles. The minimum atomic E-state index is -0.500. The van der Waals surface area contributed by atoms with Crippen molar-refractivity contribution in [1.82, 2.24) is 0 Å². The Hall–Kier alpha value is -1.59. The van der Waals surface area contributed by atoms with E-state index in [-0.39, 0.29) is 17.3 Å². The summed E-state index contributed by atoms with van der Waals surface area (Å²) in [6.07, 6.45) is 0. The molecule has 0 aromatic carbocycles. The van der Waals surface area contributed by atoms with E-state index in [9.17, 15) is 14.4 Å². The van der Waals surface area contributed by atoms with E-state index in [4.69, 9.17) is 10.1 Å². The van der Waals surface area contributed by atoms with Crippen molar-refractivity contribution >= 4 is 17.3 Å². The molecule has 0 aromatic heterocycles. The van der Waals surface area contributed by atoms with Crippen molar-refractivity contribution in [2.24, 2.45) is 0 Å². The first-order valence-electron chi connectivity index (χ1n) is 4.42. The van der Waals surface area contributed by atoms with Gasteiger partial charge in [-0.1, -0.05) is 0 Å². The van der Waals surface area contributed by atoms with Crippen LogP contribution < -0.4 is 0 Å². The molecule has 6 nitrogen and oxygen atoms in total. The van der Waals surface area contributed by atoms with Gasteiger partial charge in [0.25, 0.3) is 0 Å². The summed E-state index contributed by atoms with van der Waals surface area (Å²) in [5, 5.41) is 8.81. The average molecular weight is 235 g/mol. The summed E-state index contributed by atoms with van der Waals surface area (Å²) in [4.78, 5) is 36.6. The zero-order valence-electron chi connectivity index (χ0n) is 11.0. The number of Topliss-reactive ketones (excluding diaryl/α,β-unsaturated/α-hetero) is 3. The molecule has 0 bridgehead atoms. The molecule has 0 saturated heterocycles. The number of nitro groups is 1. The molecule has 96 valence electrons. The van der Waals surface area contributed by atoms with Gasteiger partial charge >= 0.3 is 0 Å². The molecule has 0 rings (SSSR count).